The summed E-state index contributed by atoms with van der Waals surface area (Å²) in [6.45, 7) is 2.79. The number of benzene rings is 1. The fourth-order valence-corrected chi connectivity index (χ4v) is 2.20. The van der Waals surface area contributed by atoms with Crippen molar-refractivity contribution in [2.75, 3.05) is 12.8 Å². The number of nitrogens with zero attached hydrogens (tertiary/aromatic N) is 1. The molecule has 0 saturated carbocycles. The summed E-state index contributed by atoms with van der Waals surface area (Å²) in [5.74, 6) is 0.713. The van der Waals surface area contributed by atoms with Crippen molar-refractivity contribution < 1.29 is 4.74 Å². The first-order chi connectivity index (χ1) is 9.69. The van der Waals surface area contributed by atoms with Crippen LogP contribution in [0.4, 0.5) is 5.69 Å². The van der Waals surface area contributed by atoms with Gasteiger partial charge in [0.1, 0.15) is 11.4 Å². The molecule has 0 unspecified atom stereocenters. The van der Waals surface area contributed by atoms with Gasteiger partial charge in [-0.3, -0.25) is 4.79 Å². The zero-order chi connectivity index (χ0) is 14.5. The largest absolute Gasteiger partial charge is 0.496 e. The van der Waals surface area contributed by atoms with Crippen LogP contribution in [-0.2, 0) is 6.54 Å². The molecule has 0 radical (unpaired) electrons. The molecule has 1 aromatic heterocycles. The Hall–Kier alpha value is -2.23. The van der Waals surface area contributed by atoms with Crippen molar-refractivity contribution in [2.24, 2.45) is 0 Å². The quantitative estimate of drug-likeness (QED) is 0.910. The molecule has 106 valence electrons. The van der Waals surface area contributed by atoms with Crippen LogP contribution in [-0.4, -0.2) is 11.7 Å². The lowest BCUT2D eigenvalue weighted by Crippen LogP contribution is -2.23. The molecule has 0 aliphatic carbocycles. The van der Waals surface area contributed by atoms with E-state index in [1.165, 1.54) is 0 Å². The van der Waals surface area contributed by atoms with Crippen molar-refractivity contribution in [3.05, 3.63) is 46.9 Å². The van der Waals surface area contributed by atoms with Gasteiger partial charge < -0.3 is 15.0 Å². The molecular formula is C16H20N2O2. The van der Waals surface area contributed by atoms with E-state index in [1.54, 1.807) is 17.9 Å². The van der Waals surface area contributed by atoms with Gasteiger partial charge in [0, 0.05) is 23.9 Å². The zero-order valence-corrected chi connectivity index (χ0v) is 11.9. The highest BCUT2D eigenvalue weighted by molar-refractivity contribution is 5.79. The Morgan fingerprint density at radius 1 is 1.20 bits per heavy atom. The number of aryl methyl sites for hydroxylation is 1. The number of nitrogens with two attached hydrogens (primary N) is 1. The van der Waals surface area contributed by atoms with E-state index < -0.39 is 0 Å². The minimum atomic E-state index is -0.137. The van der Waals surface area contributed by atoms with Crippen molar-refractivity contribution in [2.45, 2.75) is 26.3 Å². The fourth-order valence-electron chi connectivity index (χ4n) is 2.20. The van der Waals surface area contributed by atoms with Gasteiger partial charge in [0.15, 0.2) is 0 Å². The van der Waals surface area contributed by atoms with Gasteiger partial charge in [-0.15, -0.1) is 0 Å². The van der Waals surface area contributed by atoms with E-state index in [1.807, 2.05) is 30.3 Å². The summed E-state index contributed by atoms with van der Waals surface area (Å²) in [7, 11) is 1.61. The van der Waals surface area contributed by atoms with Crippen LogP contribution in [0.15, 0.2) is 41.3 Å². The third-order valence-electron chi connectivity index (χ3n) is 3.35. The average Bonchev–Trinajstić information content (AvgIpc) is 2.49. The second-order valence-corrected chi connectivity index (χ2v) is 4.70. The van der Waals surface area contributed by atoms with Crippen LogP contribution >= 0.6 is 0 Å². The molecule has 2 rings (SSSR count). The number of unbranched alkanes of at least 4 members (excludes halogenated alkanes) is 1. The van der Waals surface area contributed by atoms with Gasteiger partial charge in [0.25, 0.3) is 5.56 Å². The number of methoxy groups -OCH3 is 1. The summed E-state index contributed by atoms with van der Waals surface area (Å²) >= 11 is 0. The highest BCUT2D eigenvalue weighted by atomic mass is 16.5. The third-order valence-corrected chi connectivity index (χ3v) is 3.35. The predicted octanol–water partition coefficient (Wildman–Crippen LogP) is 2.91. The van der Waals surface area contributed by atoms with Gasteiger partial charge in [-0.25, -0.2) is 0 Å². The van der Waals surface area contributed by atoms with Gasteiger partial charge in [-0.1, -0.05) is 31.5 Å². The van der Waals surface area contributed by atoms with Crippen LogP contribution in [0.1, 0.15) is 19.8 Å². The van der Waals surface area contributed by atoms with Gasteiger partial charge in [-0.05, 0) is 18.6 Å². The maximum absolute atomic E-state index is 12.3. The second-order valence-electron chi connectivity index (χ2n) is 4.70. The first-order valence-corrected chi connectivity index (χ1v) is 6.81. The Labute approximate surface area is 118 Å². The Balaban J connectivity index is 2.49. The molecule has 20 heavy (non-hydrogen) atoms. The van der Waals surface area contributed by atoms with Gasteiger partial charge in [-0.2, -0.15) is 0 Å². The van der Waals surface area contributed by atoms with Crippen molar-refractivity contribution in [3.8, 4) is 16.9 Å². The number of pyridine rings is 1. The summed E-state index contributed by atoms with van der Waals surface area (Å²) in [6, 6.07) is 9.43. The molecule has 0 fully saturated rings. The highest BCUT2D eigenvalue weighted by Gasteiger charge is 2.12. The Morgan fingerprint density at radius 3 is 2.65 bits per heavy atom. The molecule has 0 aliphatic rings. The molecule has 0 spiro atoms. The average molecular weight is 272 g/mol. The molecule has 0 atom stereocenters. The maximum atomic E-state index is 12.3. The molecule has 4 heteroatoms. The molecular weight excluding hydrogens is 252 g/mol. The molecule has 0 saturated heterocycles. The molecule has 1 aromatic carbocycles. The minimum absolute atomic E-state index is 0.137. The Kier molecular flexibility index (Phi) is 4.45. The standard InChI is InChI=1S/C16H20N2O2/c1-3-4-10-18-11-9-13(15(17)16(18)19)12-7-5-6-8-14(12)20-2/h5-9,11H,3-4,10,17H2,1-2H3. The molecule has 0 aliphatic heterocycles. The normalized spacial score (nSPS) is 10.5. The van der Waals surface area contributed by atoms with Gasteiger partial charge in [0.05, 0.1) is 7.11 Å². The molecule has 2 N–H and O–H groups in total. The lowest BCUT2D eigenvalue weighted by Gasteiger charge is -2.12. The molecule has 1 heterocycles. The van der Waals surface area contributed by atoms with E-state index in [4.69, 9.17) is 10.5 Å². The summed E-state index contributed by atoms with van der Waals surface area (Å²) in [4.78, 5) is 12.3. The number of hydrogen-bond acceptors (Lipinski definition) is 3. The van der Waals surface area contributed by atoms with E-state index >= 15 is 0 Å². The smallest absolute Gasteiger partial charge is 0.274 e. The summed E-state index contributed by atoms with van der Waals surface area (Å²) < 4.78 is 6.99. The SMILES string of the molecule is CCCCn1ccc(-c2ccccc2OC)c(N)c1=O. The van der Waals surface area contributed by atoms with Gasteiger partial charge in [0.2, 0.25) is 0 Å². The van der Waals surface area contributed by atoms with Crippen LogP contribution in [0.2, 0.25) is 0 Å². The third kappa shape index (κ3) is 2.69. The number of ether oxygens (including phenoxy) is 1. The fraction of sp³-hybridized carbons (Fsp3) is 0.312. The summed E-state index contributed by atoms with van der Waals surface area (Å²) in [6.07, 6.45) is 3.81. The number of nitrogen functional groups attached to an aromatic ring is 1. The number of para-hydroxylation sites is 1. The van der Waals surface area contributed by atoms with Gasteiger partial charge >= 0.3 is 0 Å². The van der Waals surface area contributed by atoms with Crippen LogP contribution in [0.5, 0.6) is 5.75 Å². The van der Waals surface area contributed by atoms with Crippen molar-refractivity contribution in [1.29, 1.82) is 0 Å². The van der Waals surface area contributed by atoms with E-state index in [2.05, 4.69) is 6.92 Å². The maximum Gasteiger partial charge on any atom is 0.274 e. The van der Waals surface area contributed by atoms with E-state index in [9.17, 15) is 4.79 Å². The number of hydrogen-bond donors (Lipinski definition) is 1. The molecule has 0 bridgehead atoms. The second kappa shape index (κ2) is 6.28. The first kappa shape index (κ1) is 14.2. The topological polar surface area (TPSA) is 57.2 Å². The van der Waals surface area contributed by atoms with E-state index in [0.717, 1.165) is 24.0 Å². The molecule has 2 aromatic rings. The number of rotatable bonds is 5. The zero-order valence-electron chi connectivity index (χ0n) is 11.9. The lowest BCUT2D eigenvalue weighted by molar-refractivity contribution is 0.416. The summed E-state index contributed by atoms with van der Waals surface area (Å²) in [5, 5.41) is 0. The lowest BCUT2D eigenvalue weighted by atomic mass is 10.0. The highest BCUT2D eigenvalue weighted by Crippen LogP contribution is 2.31. The van der Waals surface area contributed by atoms with Crippen molar-refractivity contribution >= 4 is 5.69 Å². The van der Waals surface area contributed by atoms with Crippen LogP contribution in [0, 0.1) is 0 Å². The summed E-state index contributed by atoms with van der Waals surface area (Å²) in [5.41, 5.74) is 7.72. The predicted molar refractivity (Wildman–Crippen MR) is 82.0 cm³/mol. The first-order valence-electron chi connectivity index (χ1n) is 6.81. The van der Waals surface area contributed by atoms with Crippen molar-refractivity contribution in [3.63, 3.8) is 0 Å². The van der Waals surface area contributed by atoms with E-state index in [0.29, 0.717) is 12.3 Å². The van der Waals surface area contributed by atoms with Crippen LogP contribution < -0.4 is 16.0 Å². The van der Waals surface area contributed by atoms with Crippen molar-refractivity contribution in [1.82, 2.24) is 4.57 Å². The number of anilines is 1. The Bertz CT molecular complexity index is 647. The number of aromatic nitrogens is 1. The molecule has 0 amide bonds. The molecule has 4 nitrogen and oxygen atoms in total. The minimum Gasteiger partial charge on any atom is -0.496 e. The van der Waals surface area contributed by atoms with E-state index in [-0.39, 0.29) is 11.2 Å². The van der Waals surface area contributed by atoms with Crippen LogP contribution in [0.25, 0.3) is 11.1 Å². The van der Waals surface area contributed by atoms with Crippen LogP contribution in [0.3, 0.4) is 0 Å². The monoisotopic (exact) mass is 272 g/mol. The Morgan fingerprint density at radius 2 is 1.95 bits per heavy atom.